The highest BCUT2D eigenvalue weighted by molar-refractivity contribution is 5.79. The van der Waals surface area contributed by atoms with E-state index in [2.05, 4.69) is 6.58 Å². The average molecular weight is 245 g/mol. The Hall–Kier alpha value is -1.61. The first kappa shape index (κ1) is 12.8. The van der Waals surface area contributed by atoms with Crippen LogP contribution in [0, 0.1) is 0 Å². The lowest BCUT2D eigenvalue weighted by molar-refractivity contribution is -0.132. The van der Waals surface area contributed by atoms with E-state index in [1.165, 1.54) is 0 Å². The van der Waals surface area contributed by atoms with Crippen molar-refractivity contribution in [1.82, 2.24) is 4.90 Å². The molecule has 0 spiro atoms. The molecule has 1 aromatic rings. The minimum absolute atomic E-state index is 0.0383. The van der Waals surface area contributed by atoms with Gasteiger partial charge in [-0.15, -0.1) is 6.58 Å². The third-order valence-corrected chi connectivity index (χ3v) is 3.50. The van der Waals surface area contributed by atoms with Gasteiger partial charge in [-0.05, 0) is 18.4 Å². The van der Waals surface area contributed by atoms with E-state index in [9.17, 15) is 9.90 Å². The Morgan fingerprint density at radius 1 is 1.44 bits per heavy atom. The first-order chi connectivity index (χ1) is 8.77. The molecule has 0 bridgehead atoms. The summed E-state index contributed by atoms with van der Waals surface area (Å²) in [6.07, 6.45) is 4.06. The van der Waals surface area contributed by atoms with Crippen LogP contribution in [-0.4, -0.2) is 28.6 Å². The first-order valence-electron chi connectivity index (χ1n) is 6.35. The first-order valence-corrected chi connectivity index (χ1v) is 6.35. The van der Waals surface area contributed by atoms with Gasteiger partial charge < -0.3 is 10.0 Å². The molecule has 18 heavy (non-hydrogen) atoms. The Morgan fingerprint density at radius 2 is 2.17 bits per heavy atom. The van der Waals surface area contributed by atoms with Gasteiger partial charge in [0.15, 0.2) is 0 Å². The lowest BCUT2D eigenvalue weighted by atomic mass is 10.0. The van der Waals surface area contributed by atoms with E-state index in [1.807, 2.05) is 41.3 Å². The summed E-state index contributed by atoms with van der Waals surface area (Å²) in [7, 11) is 0. The molecule has 3 nitrogen and oxygen atoms in total. The van der Waals surface area contributed by atoms with E-state index in [-0.39, 0.29) is 24.6 Å². The van der Waals surface area contributed by atoms with Crippen LogP contribution in [0.2, 0.25) is 0 Å². The molecular weight excluding hydrogens is 226 g/mol. The Balaban J connectivity index is 2.25. The Labute approximate surface area is 108 Å². The van der Waals surface area contributed by atoms with Crippen molar-refractivity contribution < 1.29 is 9.90 Å². The number of likely N-dealkylation sites (tertiary alicyclic amines) is 1. The maximum absolute atomic E-state index is 12.0. The molecule has 0 aromatic heterocycles. The molecule has 0 unspecified atom stereocenters. The third kappa shape index (κ3) is 2.46. The number of amides is 1. The molecule has 96 valence electrons. The number of aliphatic hydroxyl groups excluding tert-OH is 1. The monoisotopic (exact) mass is 245 g/mol. The summed E-state index contributed by atoms with van der Waals surface area (Å²) in [5.74, 6) is 0.129. The average Bonchev–Trinajstić information content (AvgIpc) is 2.75. The molecule has 1 fully saturated rings. The molecule has 1 saturated heterocycles. The summed E-state index contributed by atoms with van der Waals surface area (Å²) < 4.78 is 0. The summed E-state index contributed by atoms with van der Waals surface area (Å²) in [6.45, 7) is 3.70. The fraction of sp³-hybridized carbons (Fsp3) is 0.400. The van der Waals surface area contributed by atoms with Gasteiger partial charge in [-0.1, -0.05) is 36.4 Å². The van der Waals surface area contributed by atoms with Crippen molar-refractivity contribution in [3.05, 3.63) is 48.6 Å². The lowest BCUT2D eigenvalue weighted by Gasteiger charge is -2.32. The minimum atomic E-state index is -0.230. The maximum atomic E-state index is 12.0. The van der Waals surface area contributed by atoms with Crippen molar-refractivity contribution >= 4 is 5.91 Å². The van der Waals surface area contributed by atoms with Crippen molar-refractivity contribution in [3.63, 3.8) is 0 Å². The summed E-state index contributed by atoms with van der Waals surface area (Å²) in [4.78, 5) is 13.8. The van der Waals surface area contributed by atoms with Crippen LogP contribution in [0.3, 0.4) is 0 Å². The van der Waals surface area contributed by atoms with E-state index in [0.717, 1.165) is 18.4 Å². The summed E-state index contributed by atoms with van der Waals surface area (Å²) in [5, 5.41) is 9.62. The van der Waals surface area contributed by atoms with E-state index in [4.69, 9.17) is 0 Å². The van der Waals surface area contributed by atoms with Crippen LogP contribution in [0.15, 0.2) is 43.0 Å². The van der Waals surface area contributed by atoms with Crippen LogP contribution in [0.5, 0.6) is 0 Å². The van der Waals surface area contributed by atoms with Crippen LogP contribution in [-0.2, 0) is 4.79 Å². The number of carbonyl (C=O) groups is 1. The molecule has 1 aromatic carbocycles. The molecule has 0 radical (unpaired) electrons. The van der Waals surface area contributed by atoms with Crippen molar-refractivity contribution in [1.29, 1.82) is 0 Å². The van der Waals surface area contributed by atoms with Crippen molar-refractivity contribution in [2.75, 3.05) is 6.61 Å². The highest BCUT2D eigenvalue weighted by atomic mass is 16.3. The zero-order valence-electron chi connectivity index (χ0n) is 10.5. The molecule has 2 rings (SSSR count). The smallest absolute Gasteiger partial charge is 0.223 e. The van der Waals surface area contributed by atoms with E-state index >= 15 is 0 Å². The molecule has 1 amide bonds. The van der Waals surface area contributed by atoms with Gasteiger partial charge in [-0.2, -0.15) is 0 Å². The molecule has 3 heteroatoms. The van der Waals surface area contributed by atoms with Crippen LogP contribution < -0.4 is 0 Å². The Kier molecular flexibility index (Phi) is 4.15. The summed E-state index contributed by atoms with van der Waals surface area (Å²) in [5.41, 5.74) is 0.990. The van der Waals surface area contributed by atoms with Gasteiger partial charge in [0.1, 0.15) is 0 Å². The predicted molar refractivity (Wildman–Crippen MR) is 71.0 cm³/mol. The van der Waals surface area contributed by atoms with Crippen molar-refractivity contribution in [2.45, 2.75) is 31.3 Å². The molecule has 0 saturated carbocycles. The predicted octanol–water partition coefficient (Wildman–Crippen LogP) is 2.29. The summed E-state index contributed by atoms with van der Waals surface area (Å²) >= 11 is 0. The second-order valence-electron chi connectivity index (χ2n) is 4.63. The van der Waals surface area contributed by atoms with E-state index in [1.54, 1.807) is 0 Å². The standard InChI is InChI=1S/C15H19NO2/c1-2-6-13-9-10-15(18)16(13)14(11-17)12-7-4-3-5-8-12/h2-5,7-8,13-14,17H,1,6,9-11H2/t13-,14+/m1/s1. The van der Waals surface area contributed by atoms with Gasteiger partial charge in [-0.3, -0.25) is 4.79 Å². The molecule has 1 N–H and O–H groups in total. The number of aliphatic hydroxyl groups is 1. The van der Waals surface area contributed by atoms with Gasteiger partial charge in [0, 0.05) is 12.5 Å². The van der Waals surface area contributed by atoms with Crippen LogP contribution in [0.25, 0.3) is 0 Å². The summed E-state index contributed by atoms with van der Waals surface area (Å²) in [6, 6.07) is 9.65. The number of hydrogen-bond donors (Lipinski definition) is 1. The van der Waals surface area contributed by atoms with Gasteiger partial charge in [-0.25, -0.2) is 0 Å². The molecule has 1 heterocycles. The lowest BCUT2D eigenvalue weighted by Crippen LogP contribution is -2.38. The number of benzene rings is 1. The molecular formula is C15H19NO2. The number of carbonyl (C=O) groups excluding carboxylic acids is 1. The van der Waals surface area contributed by atoms with Crippen molar-refractivity contribution in [3.8, 4) is 0 Å². The fourth-order valence-corrected chi connectivity index (χ4v) is 2.64. The molecule has 2 atom stereocenters. The van der Waals surface area contributed by atoms with Gasteiger partial charge >= 0.3 is 0 Å². The van der Waals surface area contributed by atoms with E-state index < -0.39 is 0 Å². The number of hydrogen-bond acceptors (Lipinski definition) is 2. The van der Waals surface area contributed by atoms with Crippen LogP contribution in [0.1, 0.15) is 30.9 Å². The largest absolute Gasteiger partial charge is 0.394 e. The zero-order chi connectivity index (χ0) is 13.0. The van der Waals surface area contributed by atoms with Gasteiger partial charge in [0.05, 0.1) is 12.6 Å². The van der Waals surface area contributed by atoms with E-state index in [0.29, 0.717) is 6.42 Å². The molecule has 1 aliphatic rings. The third-order valence-electron chi connectivity index (χ3n) is 3.50. The van der Waals surface area contributed by atoms with Gasteiger partial charge in [0.2, 0.25) is 5.91 Å². The Bertz CT molecular complexity index is 416. The van der Waals surface area contributed by atoms with Crippen molar-refractivity contribution in [2.24, 2.45) is 0 Å². The molecule has 1 aliphatic heterocycles. The quantitative estimate of drug-likeness (QED) is 0.809. The SMILES string of the molecule is C=CC[C@@H]1CCC(=O)N1[C@@H](CO)c1ccccc1. The second-order valence-corrected chi connectivity index (χ2v) is 4.63. The highest BCUT2D eigenvalue weighted by Crippen LogP contribution is 2.31. The highest BCUT2D eigenvalue weighted by Gasteiger charge is 2.35. The zero-order valence-corrected chi connectivity index (χ0v) is 10.5. The molecule has 0 aliphatic carbocycles. The topological polar surface area (TPSA) is 40.5 Å². The maximum Gasteiger partial charge on any atom is 0.223 e. The minimum Gasteiger partial charge on any atom is -0.394 e. The normalized spacial score (nSPS) is 21.1. The number of rotatable bonds is 5. The van der Waals surface area contributed by atoms with Gasteiger partial charge in [0.25, 0.3) is 0 Å². The number of nitrogens with zero attached hydrogens (tertiary/aromatic N) is 1. The van der Waals surface area contributed by atoms with Crippen LogP contribution in [0.4, 0.5) is 0 Å². The van der Waals surface area contributed by atoms with Crippen LogP contribution >= 0.6 is 0 Å². The second kappa shape index (κ2) is 5.83. The fourth-order valence-electron chi connectivity index (χ4n) is 2.64. The Morgan fingerprint density at radius 3 is 2.78 bits per heavy atom.